The van der Waals surface area contributed by atoms with Crippen molar-refractivity contribution in [2.24, 2.45) is 0 Å². The van der Waals surface area contributed by atoms with Gasteiger partial charge in [0.1, 0.15) is 97.5 Å². The first kappa shape index (κ1) is 41.9. The summed E-state index contributed by atoms with van der Waals surface area (Å²) in [4.78, 5) is 23.9. The number of aliphatic hydroxyl groups is 12. The molecule has 0 aromatic rings. The molecule has 4 heterocycles. The van der Waals surface area contributed by atoms with Gasteiger partial charge < -0.3 is 105 Å². The van der Waals surface area contributed by atoms with E-state index in [-0.39, 0.29) is 0 Å². The van der Waals surface area contributed by atoms with Crippen molar-refractivity contribution in [1.82, 2.24) is 10.6 Å². The van der Waals surface area contributed by atoms with Gasteiger partial charge >= 0.3 is 0 Å². The van der Waals surface area contributed by atoms with E-state index in [1.165, 1.54) is 0 Å². The normalized spacial score (nSPS) is 47.8. The van der Waals surface area contributed by atoms with Gasteiger partial charge in [0.05, 0.1) is 26.4 Å². The smallest absolute Gasteiger partial charge is 0.217 e. The number of nitrogens with one attached hydrogen (secondary N) is 2. The van der Waals surface area contributed by atoms with Crippen molar-refractivity contribution in [2.45, 2.75) is 137 Å². The maximum Gasteiger partial charge on any atom is 0.217 e. The van der Waals surface area contributed by atoms with Crippen molar-refractivity contribution in [2.75, 3.05) is 26.4 Å². The van der Waals surface area contributed by atoms with Gasteiger partial charge in [-0.05, 0) is 0 Å². The first-order chi connectivity index (χ1) is 24.0. The molecule has 23 heteroatoms. The lowest BCUT2D eigenvalue weighted by Gasteiger charge is -2.49. The lowest BCUT2D eigenvalue weighted by atomic mass is 9.94. The number of carbonyl (C=O) groups is 2. The van der Waals surface area contributed by atoms with Crippen molar-refractivity contribution in [3.8, 4) is 0 Å². The second-order valence-electron chi connectivity index (χ2n) is 12.7. The van der Waals surface area contributed by atoms with Gasteiger partial charge in [0.2, 0.25) is 11.8 Å². The van der Waals surface area contributed by atoms with Crippen LogP contribution in [0.2, 0.25) is 0 Å². The molecule has 0 aliphatic carbocycles. The molecular weight excluding hydrogens is 700 g/mol. The summed E-state index contributed by atoms with van der Waals surface area (Å²) < 4.78 is 38.9. The summed E-state index contributed by atoms with van der Waals surface area (Å²) in [7, 11) is 0. The third kappa shape index (κ3) is 9.29. The third-order valence-corrected chi connectivity index (χ3v) is 8.99. The van der Waals surface area contributed by atoms with Crippen LogP contribution in [-0.4, -0.2) is 222 Å². The van der Waals surface area contributed by atoms with Crippen LogP contribution in [0.15, 0.2) is 0 Å². The molecule has 296 valence electrons. The molecule has 2 amide bonds. The molecule has 23 nitrogen and oxygen atoms in total. The first-order valence-corrected chi connectivity index (χ1v) is 16.1. The van der Waals surface area contributed by atoms with Crippen LogP contribution < -0.4 is 10.6 Å². The lowest BCUT2D eigenvalue weighted by molar-refractivity contribution is -0.365. The second-order valence-corrected chi connectivity index (χ2v) is 12.7. The number of rotatable bonds is 12. The van der Waals surface area contributed by atoms with E-state index in [0.717, 1.165) is 13.8 Å². The molecule has 0 aromatic heterocycles. The molecule has 4 saturated heterocycles. The van der Waals surface area contributed by atoms with Crippen LogP contribution in [0.4, 0.5) is 0 Å². The molecule has 14 N–H and O–H groups in total. The van der Waals surface area contributed by atoms with Crippen molar-refractivity contribution >= 4 is 11.8 Å². The predicted octanol–water partition coefficient (Wildman–Crippen LogP) is -9.46. The molecule has 51 heavy (non-hydrogen) atoms. The van der Waals surface area contributed by atoms with E-state index in [2.05, 4.69) is 10.6 Å². The Balaban J connectivity index is 1.50. The van der Waals surface area contributed by atoms with Gasteiger partial charge in [-0.25, -0.2) is 0 Å². The van der Waals surface area contributed by atoms with Gasteiger partial charge in [0, 0.05) is 13.8 Å². The SMILES string of the molecule is CC(=O)N[C@@H]1[C@@H](O)[C@H](O[C@@H]2O[C@H](CO)[C@@H](O[C@H]3O[C@H](CO[C@H]4O[C@H](CO)[C@@H](O)[C@H](O)[C@@H]4O)[C@@H](O)[C@H](O)[C@@H]3O)[C@H](O)[C@H]2NC(C)=O)[C@@H](CO)O[C@H]1O. The number of aliphatic hydroxyl groups excluding tert-OH is 12. The number of carbonyl (C=O) groups excluding carboxylic acids is 2. The molecule has 0 saturated carbocycles. The van der Waals surface area contributed by atoms with Crippen LogP contribution in [0.5, 0.6) is 0 Å². The summed E-state index contributed by atoms with van der Waals surface area (Å²) in [5.74, 6) is -1.39. The van der Waals surface area contributed by atoms with E-state index in [0.29, 0.717) is 0 Å². The van der Waals surface area contributed by atoms with Gasteiger partial charge in [-0.3, -0.25) is 9.59 Å². The van der Waals surface area contributed by atoms with E-state index in [1.807, 2.05) is 0 Å². The summed E-state index contributed by atoms with van der Waals surface area (Å²) in [6, 6.07) is -3.02. The largest absolute Gasteiger partial charge is 0.394 e. The van der Waals surface area contributed by atoms with Gasteiger partial charge in [-0.1, -0.05) is 0 Å². The Labute approximate surface area is 289 Å². The molecule has 0 unspecified atom stereocenters. The summed E-state index contributed by atoms with van der Waals surface area (Å²) >= 11 is 0. The molecule has 4 fully saturated rings. The average Bonchev–Trinajstić information content (AvgIpc) is 3.09. The van der Waals surface area contributed by atoms with Crippen molar-refractivity contribution < 1.29 is 104 Å². The molecule has 4 rings (SSSR count). The van der Waals surface area contributed by atoms with E-state index in [9.17, 15) is 70.9 Å². The van der Waals surface area contributed by atoms with Crippen molar-refractivity contribution in [1.29, 1.82) is 0 Å². The Kier molecular flexibility index (Phi) is 14.8. The minimum atomic E-state index is -2.00. The highest BCUT2D eigenvalue weighted by molar-refractivity contribution is 5.73. The predicted molar refractivity (Wildman–Crippen MR) is 157 cm³/mol. The third-order valence-electron chi connectivity index (χ3n) is 8.99. The highest BCUT2D eigenvalue weighted by Gasteiger charge is 2.54. The topological polar surface area (TPSA) is 366 Å². The van der Waals surface area contributed by atoms with Gasteiger partial charge in [-0.2, -0.15) is 0 Å². The Hall–Kier alpha value is -1.82. The number of amides is 2. The summed E-state index contributed by atoms with van der Waals surface area (Å²) in [5.41, 5.74) is 0. The molecule has 4 aliphatic rings. The molecule has 20 atom stereocenters. The Morgan fingerprint density at radius 3 is 1.49 bits per heavy atom. The monoisotopic (exact) mass is 748 g/mol. The second kappa shape index (κ2) is 18.0. The van der Waals surface area contributed by atoms with E-state index in [1.54, 1.807) is 0 Å². The molecule has 0 radical (unpaired) electrons. The van der Waals surface area contributed by atoms with Crippen LogP contribution in [-0.2, 0) is 42.7 Å². The molecule has 0 bridgehead atoms. The Morgan fingerprint density at radius 1 is 0.510 bits per heavy atom. The highest BCUT2D eigenvalue weighted by atomic mass is 16.8. The van der Waals surface area contributed by atoms with E-state index in [4.69, 9.17) is 33.2 Å². The van der Waals surface area contributed by atoms with Crippen LogP contribution in [0.3, 0.4) is 0 Å². The molecule has 0 spiro atoms. The molecule has 4 aliphatic heterocycles. The zero-order chi connectivity index (χ0) is 37.9. The van der Waals surface area contributed by atoms with Gasteiger partial charge in [0.15, 0.2) is 25.2 Å². The number of hydrogen-bond donors (Lipinski definition) is 14. The van der Waals surface area contributed by atoms with Crippen LogP contribution in [0.1, 0.15) is 13.8 Å². The Morgan fingerprint density at radius 2 is 0.941 bits per heavy atom. The van der Waals surface area contributed by atoms with Crippen molar-refractivity contribution in [3.05, 3.63) is 0 Å². The van der Waals surface area contributed by atoms with Gasteiger partial charge in [0.25, 0.3) is 0 Å². The zero-order valence-electron chi connectivity index (χ0n) is 27.4. The minimum Gasteiger partial charge on any atom is -0.394 e. The minimum absolute atomic E-state index is 0.656. The first-order valence-electron chi connectivity index (χ1n) is 16.1. The fraction of sp³-hybridized carbons (Fsp3) is 0.929. The molecule has 0 aromatic carbocycles. The lowest BCUT2D eigenvalue weighted by Crippen LogP contribution is -2.70. The van der Waals surface area contributed by atoms with Crippen LogP contribution >= 0.6 is 0 Å². The van der Waals surface area contributed by atoms with Crippen LogP contribution in [0, 0.1) is 0 Å². The number of ether oxygens (including phenoxy) is 7. The number of hydrogen-bond acceptors (Lipinski definition) is 21. The fourth-order valence-electron chi connectivity index (χ4n) is 6.25. The van der Waals surface area contributed by atoms with E-state index < -0.39 is 161 Å². The maximum atomic E-state index is 12.2. The standard InChI is InChI=1S/C28H48N2O21/c1-7(34)29-13-17(38)23(10(4-32)46-25(13)44)50-26-14(30-8(2)35)18(39)24(11(5-33)48-26)51-28-22(43)20(41)16(37)12(49-28)6-45-27-21(42)19(40)15(36)9(3-31)47-27/h9-28,31-33,36-44H,3-6H2,1-2H3,(H,29,34)(H,30,35)/t9-,10-,11-,12-,13-,14-,15-,16-,17-,18-,19+,20+,21+,22+,23-,24-,25-,26+,27+,28-/m1/s1. The quantitative estimate of drug-likeness (QED) is 0.0881. The van der Waals surface area contributed by atoms with E-state index >= 15 is 0 Å². The van der Waals surface area contributed by atoms with Crippen LogP contribution in [0.25, 0.3) is 0 Å². The molecular formula is C28H48N2O21. The summed E-state index contributed by atoms with van der Waals surface area (Å²) in [6.07, 6.45) is -30.9. The van der Waals surface area contributed by atoms with Crippen molar-refractivity contribution in [3.63, 3.8) is 0 Å². The summed E-state index contributed by atoms with van der Waals surface area (Å²) in [5, 5.41) is 129. The van der Waals surface area contributed by atoms with Gasteiger partial charge in [-0.15, -0.1) is 0 Å². The summed E-state index contributed by atoms with van der Waals surface area (Å²) in [6.45, 7) is -0.998. The maximum absolute atomic E-state index is 12.2. The zero-order valence-corrected chi connectivity index (χ0v) is 27.4. The highest BCUT2D eigenvalue weighted by Crippen LogP contribution is 2.33. The fourth-order valence-corrected chi connectivity index (χ4v) is 6.25. The average molecular weight is 749 g/mol. The Bertz CT molecular complexity index is 1140.